The van der Waals surface area contributed by atoms with Crippen molar-refractivity contribution >= 4 is 5.91 Å². The van der Waals surface area contributed by atoms with Gasteiger partial charge in [0.25, 0.3) is 5.91 Å². The third-order valence-corrected chi connectivity index (χ3v) is 6.81. The van der Waals surface area contributed by atoms with Gasteiger partial charge < -0.3 is 9.64 Å². The van der Waals surface area contributed by atoms with Crippen molar-refractivity contribution in [1.29, 1.82) is 0 Å². The first-order valence-corrected chi connectivity index (χ1v) is 12.5. The Morgan fingerprint density at radius 1 is 1.03 bits per heavy atom. The molecule has 0 aliphatic carbocycles. The lowest BCUT2D eigenvalue weighted by Crippen LogP contribution is -2.39. The van der Waals surface area contributed by atoms with Crippen LogP contribution in [0.3, 0.4) is 0 Å². The van der Waals surface area contributed by atoms with Gasteiger partial charge in [-0.05, 0) is 59.9 Å². The molecule has 6 heteroatoms. The number of rotatable bonds is 9. The second kappa shape index (κ2) is 11.7. The molecular formula is C30H34F2N2O2. The van der Waals surface area contributed by atoms with Crippen molar-refractivity contribution in [2.24, 2.45) is 11.8 Å². The molecule has 0 unspecified atom stereocenters. The first kappa shape index (κ1) is 25.8. The Balaban J connectivity index is 1.61. The maximum Gasteiger partial charge on any atom is 0.253 e. The fourth-order valence-electron chi connectivity index (χ4n) is 5.13. The minimum atomic E-state index is -0.361. The summed E-state index contributed by atoms with van der Waals surface area (Å²) in [5.74, 6) is 0.711. The topological polar surface area (TPSA) is 32.8 Å². The Kier molecular flexibility index (Phi) is 8.36. The molecule has 190 valence electrons. The van der Waals surface area contributed by atoms with Crippen molar-refractivity contribution in [3.63, 3.8) is 0 Å². The number of nitrogens with zero attached hydrogens (tertiary/aromatic N) is 2. The minimum absolute atomic E-state index is 0.0966. The lowest BCUT2D eigenvalue weighted by atomic mass is 9.88. The second-order valence-electron chi connectivity index (χ2n) is 10.0. The predicted molar refractivity (Wildman–Crippen MR) is 138 cm³/mol. The lowest BCUT2D eigenvalue weighted by molar-refractivity contribution is 0.0703. The van der Waals surface area contributed by atoms with E-state index in [1.807, 2.05) is 29.2 Å². The molecule has 1 aliphatic heterocycles. The van der Waals surface area contributed by atoms with E-state index in [1.54, 1.807) is 25.3 Å². The zero-order valence-corrected chi connectivity index (χ0v) is 21.2. The zero-order chi connectivity index (χ0) is 25.7. The maximum absolute atomic E-state index is 14.4. The Bertz CT molecular complexity index is 1170. The van der Waals surface area contributed by atoms with Gasteiger partial charge >= 0.3 is 0 Å². The van der Waals surface area contributed by atoms with Crippen LogP contribution in [-0.4, -0.2) is 49.0 Å². The normalized spacial score (nSPS) is 17.9. The van der Waals surface area contributed by atoms with Crippen LogP contribution in [0.2, 0.25) is 0 Å². The fourth-order valence-corrected chi connectivity index (χ4v) is 5.13. The molecule has 1 saturated heterocycles. The maximum atomic E-state index is 14.4. The summed E-state index contributed by atoms with van der Waals surface area (Å²) in [6.45, 7) is 7.34. The second-order valence-corrected chi connectivity index (χ2v) is 10.0. The molecule has 0 spiro atoms. The largest absolute Gasteiger partial charge is 0.497 e. The van der Waals surface area contributed by atoms with E-state index in [0.29, 0.717) is 30.8 Å². The van der Waals surface area contributed by atoms with Crippen LogP contribution in [0.4, 0.5) is 8.78 Å². The quantitative estimate of drug-likeness (QED) is 0.368. The van der Waals surface area contributed by atoms with Gasteiger partial charge in [-0.25, -0.2) is 8.78 Å². The summed E-state index contributed by atoms with van der Waals surface area (Å²) in [5, 5.41) is 0. The average molecular weight is 493 g/mol. The summed E-state index contributed by atoms with van der Waals surface area (Å²) in [6.07, 6.45) is 0. The molecular weight excluding hydrogens is 458 g/mol. The van der Waals surface area contributed by atoms with Gasteiger partial charge in [-0.15, -0.1) is 0 Å². The summed E-state index contributed by atoms with van der Waals surface area (Å²) in [7, 11) is 1.65. The number of ether oxygens (including phenoxy) is 1. The van der Waals surface area contributed by atoms with Gasteiger partial charge in [-0.1, -0.05) is 44.2 Å². The smallest absolute Gasteiger partial charge is 0.253 e. The van der Waals surface area contributed by atoms with Crippen LogP contribution in [0, 0.1) is 23.5 Å². The number of carbonyl (C=O) groups excluding carboxylic acids is 1. The van der Waals surface area contributed by atoms with Crippen molar-refractivity contribution in [3.05, 3.63) is 101 Å². The number of carbonyl (C=O) groups is 1. The molecule has 0 aromatic heterocycles. The molecule has 1 aliphatic rings. The van der Waals surface area contributed by atoms with Gasteiger partial charge in [0.1, 0.15) is 17.4 Å². The number of benzene rings is 3. The van der Waals surface area contributed by atoms with Gasteiger partial charge in [0.15, 0.2) is 0 Å². The molecule has 4 nitrogen and oxygen atoms in total. The van der Waals surface area contributed by atoms with E-state index in [0.717, 1.165) is 24.4 Å². The summed E-state index contributed by atoms with van der Waals surface area (Å²) in [6, 6.07) is 20.7. The van der Waals surface area contributed by atoms with E-state index in [1.165, 1.54) is 18.2 Å². The molecule has 1 fully saturated rings. The van der Waals surface area contributed by atoms with Crippen LogP contribution in [0.5, 0.6) is 5.75 Å². The van der Waals surface area contributed by atoms with Crippen LogP contribution in [0.15, 0.2) is 72.8 Å². The number of hydrogen-bond acceptors (Lipinski definition) is 3. The Hall–Kier alpha value is -3.25. The third kappa shape index (κ3) is 6.30. The van der Waals surface area contributed by atoms with Crippen molar-refractivity contribution < 1.29 is 18.3 Å². The predicted octanol–water partition coefficient (Wildman–Crippen LogP) is 5.99. The van der Waals surface area contributed by atoms with Crippen LogP contribution in [-0.2, 0) is 6.54 Å². The van der Waals surface area contributed by atoms with Crippen molar-refractivity contribution in [3.8, 4) is 5.75 Å². The molecule has 0 saturated carbocycles. The highest BCUT2D eigenvalue weighted by molar-refractivity contribution is 5.94. The zero-order valence-electron chi connectivity index (χ0n) is 21.2. The van der Waals surface area contributed by atoms with Crippen molar-refractivity contribution in [2.75, 3.05) is 33.3 Å². The minimum Gasteiger partial charge on any atom is -0.497 e. The van der Waals surface area contributed by atoms with E-state index >= 15 is 0 Å². The number of likely N-dealkylation sites (tertiary alicyclic amines) is 1. The highest BCUT2D eigenvalue weighted by Gasteiger charge is 2.36. The number of hydrogen-bond donors (Lipinski definition) is 0. The standard InChI is InChI=1S/C30H34F2N2O2/c1-21(2)16-34(30(35)22-11-13-26(31)14-12-22)19-25-18-33(17-24-7-4-5-10-29(24)32)20-28(25)23-8-6-9-27(15-23)36-3/h4-15,21,25,28H,16-20H2,1-3H3/t25-,28-/m1/s1. The molecule has 2 atom stereocenters. The number of halogens is 2. The monoisotopic (exact) mass is 492 g/mol. The Morgan fingerprint density at radius 2 is 1.78 bits per heavy atom. The summed E-state index contributed by atoms with van der Waals surface area (Å²) in [5.41, 5.74) is 2.30. The van der Waals surface area contributed by atoms with Gasteiger partial charge in [-0.3, -0.25) is 9.69 Å². The molecule has 0 radical (unpaired) electrons. The number of methoxy groups -OCH3 is 1. The summed E-state index contributed by atoms with van der Waals surface area (Å²) in [4.78, 5) is 17.6. The van der Waals surface area contributed by atoms with Crippen LogP contribution < -0.4 is 4.74 Å². The molecule has 3 aromatic rings. The Morgan fingerprint density at radius 3 is 2.47 bits per heavy atom. The van der Waals surface area contributed by atoms with Gasteiger partial charge in [0, 0.05) is 49.8 Å². The first-order chi connectivity index (χ1) is 17.3. The molecule has 36 heavy (non-hydrogen) atoms. The van der Waals surface area contributed by atoms with Crippen molar-refractivity contribution in [1.82, 2.24) is 9.80 Å². The van der Waals surface area contributed by atoms with Gasteiger partial charge in [-0.2, -0.15) is 0 Å². The highest BCUT2D eigenvalue weighted by Crippen LogP contribution is 2.36. The van der Waals surface area contributed by atoms with Gasteiger partial charge in [0.2, 0.25) is 0 Å². The van der Waals surface area contributed by atoms with Crippen LogP contribution in [0.25, 0.3) is 0 Å². The van der Waals surface area contributed by atoms with Crippen LogP contribution in [0.1, 0.15) is 41.3 Å². The van der Waals surface area contributed by atoms with E-state index in [9.17, 15) is 13.6 Å². The molecule has 0 bridgehead atoms. The first-order valence-electron chi connectivity index (χ1n) is 12.5. The summed E-state index contributed by atoms with van der Waals surface area (Å²) < 4.78 is 33.4. The molecule has 1 heterocycles. The van der Waals surface area contributed by atoms with Gasteiger partial charge in [0.05, 0.1) is 7.11 Å². The van der Waals surface area contributed by atoms with E-state index in [-0.39, 0.29) is 35.3 Å². The fraction of sp³-hybridized carbons (Fsp3) is 0.367. The van der Waals surface area contributed by atoms with E-state index < -0.39 is 0 Å². The van der Waals surface area contributed by atoms with Crippen molar-refractivity contribution in [2.45, 2.75) is 26.3 Å². The summed E-state index contributed by atoms with van der Waals surface area (Å²) >= 11 is 0. The highest BCUT2D eigenvalue weighted by atomic mass is 19.1. The SMILES string of the molecule is COc1cccc([C@H]2CN(Cc3ccccc3F)C[C@@H]2CN(CC(C)C)C(=O)c2ccc(F)cc2)c1. The molecule has 3 aromatic carbocycles. The van der Waals surface area contributed by atoms with E-state index in [2.05, 4.69) is 30.9 Å². The average Bonchev–Trinajstić information content (AvgIpc) is 3.27. The molecule has 0 N–H and O–H groups in total. The molecule has 1 amide bonds. The lowest BCUT2D eigenvalue weighted by Gasteiger charge is -2.30. The molecule has 4 rings (SSSR count). The Labute approximate surface area is 212 Å². The van der Waals surface area contributed by atoms with Crippen LogP contribution >= 0.6 is 0 Å². The van der Waals surface area contributed by atoms with E-state index in [4.69, 9.17) is 4.74 Å². The third-order valence-electron chi connectivity index (χ3n) is 6.81. The number of amides is 1.